The Morgan fingerprint density at radius 1 is 1.33 bits per heavy atom. The number of fused-ring (bicyclic) bond motifs is 1. The van der Waals surface area contributed by atoms with Gasteiger partial charge in [0.05, 0.1) is 5.56 Å². The third kappa shape index (κ3) is 1.89. The first-order valence-electron chi connectivity index (χ1n) is 4.72. The molecule has 3 heteroatoms. The average molecular weight is 199 g/mol. The van der Waals surface area contributed by atoms with E-state index in [2.05, 4.69) is 16.9 Å². The summed E-state index contributed by atoms with van der Waals surface area (Å²) in [5.41, 5.74) is 8.53. The fourth-order valence-electron chi connectivity index (χ4n) is 1.41. The number of nitrogens with zero attached hydrogens (tertiary/aromatic N) is 1. The zero-order valence-electron chi connectivity index (χ0n) is 8.83. The first kappa shape index (κ1) is 9.47. The molecule has 3 nitrogen and oxygen atoms in total. The number of nitrogens with two attached hydrogens (primary N) is 1. The monoisotopic (exact) mass is 199 g/mol. The van der Waals surface area contributed by atoms with Crippen LogP contribution in [-0.4, -0.2) is 24.0 Å². The van der Waals surface area contributed by atoms with Crippen LogP contribution in [0, 0.1) is 12.0 Å². The first-order valence-corrected chi connectivity index (χ1v) is 4.72. The summed E-state index contributed by atoms with van der Waals surface area (Å²) in [6, 6.07) is 8.76. The van der Waals surface area contributed by atoms with Crippen LogP contribution in [0.1, 0.15) is 5.56 Å². The summed E-state index contributed by atoms with van der Waals surface area (Å²) in [7, 11) is 3.83. The molecule has 0 bridgehead atoms. The predicted octanol–water partition coefficient (Wildman–Crippen LogP) is 1.62. The van der Waals surface area contributed by atoms with Crippen LogP contribution in [0.25, 0.3) is 10.9 Å². The number of nitrogens with one attached hydrogen (secondary N) is 1. The number of hydrogen-bond acceptors (Lipinski definition) is 2. The molecule has 1 aromatic carbocycles. The summed E-state index contributed by atoms with van der Waals surface area (Å²) in [5, 5.41) is 1.07. The van der Waals surface area contributed by atoms with Gasteiger partial charge in [0, 0.05) is 42.9 Å². The largest absolute Gasteiger partial charge is 0.399 e. The van der Waals surface area contributed by atoms with Crippen molar-refractivity contribution in [2.75, 3.05) is 19.8 Å². The van der Waals surface area contributed by atoms with E-state index >= 15 is 0 Å². The van der Waals surface area contributed by atoms with E-state index in [4.69, 9.17) is 5.73 Å². The van der Waals surface area contributed by atoms with Crippen molar-refractivity contribution in [2.45, 2.75) is 0 Å². The lowest BCUT2D eigenvalue weighted by molar-refractivity contribution is 0.597. The molecule has 1 heterocycles. The zero-order chi connectivity index (χ0) is 10.8. The summed E-state index contributed by atoms with van der Waals surface area (Å²) >= 11 is 0. The van der Waals surface area contributed by atoms with E-state index in [9.17, 15) is 0 Å². The van der Waals surface area contributed by atoms with Crippen LogP contribution >= 0.6 is 0 Å². The molecule has 0 aliphatic carbocycles. The average Bonchev–Trinajstić information content (AvgIpc) is 2.57. The van der Waals surface area contributed by atoms with Gasteiger partial charge in [0.15, 0.2) is 0 Å². The minimum absolute atomic E-state index is 0.759. The van der Waals surface area contributed by atoms with Crippen molar-refractivity contribution >= 4 is 16.6 Å². The number of benzene rings is 1. The van der Waals surface area contributed by atoms with Crippen molar-refractivity contribution in [1.29, 1.82) is 0 Å². The lowest BCUT2D eigenvalue weighted by atomic mass is 10.1. The van der Waals surface area contributed by atoms with Crippen LogP contribution in [0.4, 0.5) is 5.69 Å². The molecule has 0 radical (unpaired) electrons. The van der Waals surface area contributed by atoms with Crippen molar-refractivity contribution in [2.24, 2.45) is 0 Å². The van der Waals surface area contributed by atoms with Crippen molar-refractivity contribution in [3.05, 3.63) is 30.0 Å². The molecule has 0 unspecified atom stereocenters. The first-order chi connectivity index (χ1) is 7.16. The van der Waals surface area contributed by atoms with Gasteiger partial charge < -0.3 is 15.6 Å². The minimum atomic E-state index is 0.759. The number of aromatic amines is 1. The molecule has 0 atom stereocenters. The van der Waals surface area contributed by atoms with Crippen LogP contribution in [0.5, 0.6) is 0 Å². The van der Waals surface area contributed by atoms with E-state index in [1.165, 1.54) is 0 Å². The Morgan fingerprint density at radius 3 is 2.87 bits per heavy atom. The maximum Gasteiger partial charge on any atom is 0.0518 e. The molecule has 0 saturated carbocycles. The Kier molecular flexibility index (Phi) is 2.26. The van der Waals surface area contributed by atoms with Crippen LogP contribution in [-0.2, 0) is 0 Å². The summed E-state index contributed by atoms with van der Waals surface area (Å²) in [4.78, 5) is 4.99. The second kappa shape index (κ2) is 3.58. The molecule has 0 aliphatic heterocycles. The van der Waals surface area contributed by atoms with Crippen molar-refractivity contribution in [3.63, 3.8) is 0 Å². The highest BCUT2D eigenvalue weighted by Gasteiger charge is 2.00. The van der Waals surface area contributed by atoms with E-state index in [0.717, 1.165) is 22.2 Å². The molecule has 2 aromatic rings. The van der Waals surface area contributed by atoms with E-state index < -0.39 is 0 Å². The topological polar surface area (TPSA) is 45.0 Å². The van der Waals surface area contributed by atoms with Crippen molar-refractivity contribution in [3.8, 4) is 12.0 Å². The Labute approximate surface area is 88.9 Å². The van der Waals surface area contributed by atoms with E-state index in [-0.39, 0.29) is 0 Å². The normalized spacial score (nSPS) is 9.73. The quantitative estimate of drug-likeness (QED) is 0.385. The smallest absolute Gasteiger partial charge is 0.0518 e. The third-order valence-electron chi connectivity index (χ3n) is 2.12. The lowest BCUT2D eigenvalue weighted by Gasteiger charge is -1.97. The molecule has 1 aromatic heterocycles. The van der Waals surface area contributed by atoms with Crippen molar-refractivity contribution in [1.82, 2.24) is 9.88 Å². The highest BCUT2D eigenvalue weighted by atomic mass is 15.0. The predicted molar refractivity (Wildman–Crippen MR) is 63.3 cm³/mol. The summed E-state index contributed by atoms with van der Waals surface area (Å²) in [6.45, 7) is 0. The second-order valence-corrected chi connectivity index (χ2v) is 3.64. The number of anilines is 1. The van der Waals surface area contributed by atoms with Gasteiger partial charge in [0.1, 0.15) is 0 Å². The molecule has 0 aliphatic rings. The molecule has 3 N–H and O–H groups in total. The lowest BCUT2D eigenvalue weighted by Crippen LogP contribution is -2.00. The summed E-state index contributed by atoms with van der Waals surface area (Å²) in [6.07, 6.45) is 1.90. The van der Waals surface area contributed by atoms with Gasteiger partial charge in [-0.25, -0.2) is 0 Å². The molecule has 0 fully saturated rings. The molecule has 0 spiro atoms. The second-order valence-electron chi connectivity index (χ2n) is 3.64. The number of rotatable bonds is 0. The molecule has 0 amide bonds. The van der Waals surface area contributed by atoms with Gasteiger partial charge in [0.2, 0.25) is 0 Å². The van der Waals surface area contributed by atoms with Gasteiger partial charge in [-0.05, 0) is 24.1 Å². The molecular weight excluding hydrogens is 186 g/mol. The summed E-state index contributed by atoms with van der Waals surface area (Å²) in [5.74, 6) is 3.08. The standard InChI is InChI=1S/C12H13N3/c1-15(2)6-5-9-8-14-12-4-3-10(13)7-11(9)12/h3-4,7-8,14H,13H2,1-2H3. The molecule has 15 heavy (non-hydrogen) atoms. The fourth-order valence-corrected chi connectivity index (χ4v) is 1.41. The van der Waals surface area contributed by atoms with Gasteiger partial charge in [-0.1, -0.05) is 0 Å². The van der Waals surface area contributed by atoms with Crippen LogP contribution in [0.3, 0.4) is 0 Å². The van der Waals surface area contributed by atoms with Crippen molar-refractivity contribution < 1.29 is 0 Å². The Morgan fingerprint density at radius 2 is 2.13 bits per heavy atom. The molecular formula is C12H13N3. The fraction of sp³-hybridized carbons (Fsp3) is 0.167. The van der Waals surface area contributed by atoms with Crippen LogP contribution in [0.2, 0.25) is 0 Å². The molecule has 0 saturated heterocycles. The SMILES string of the molecule is CN(C)C#Cc1c[nH]c2ccc(N)cc12. The number of hydrogen-bond donors (Lipinski definition) is 2. The van der Waals surface area contributed by atoms with E-state index in [1.807, 2.05) is 43.4 Å². The van der Waals surface area contributed by atoms with Gasteiger partial charge in [0.25, 0.3) is 0 Å². The maximum absolute atomic E-state index is 5.74. The summed E-state index contributed by atoms with van der Waals surface area (Å²) < 4.78 is 0. The van der Waals surface area contributed by atoms with E-state index in [1.54, 1.807) is 0 Å². The molecule has 2 rings (SSSR count). The third-order valence-corrected chi connectivity index (χ3v) is 2.12. The number of H-pyrrole nitrogens is 1. The number of nitrogen functional groups attached to an aromatic ring is 1. The maximum atomic E-state index is 5.74. The van der Waals surface area contributed by atoms with E-state index in [0.29, 0.717) is 0 Å². The van der Waals surface area contributed by atoms with Gasteiger partial charge in [-0.15, -0.1) is 0 Å². The van der Waals surface area contributed by atoms with Crippen LogP contribution < -0.4 is 5.73 Å². The van der Waals surface area contributed by atoms with Gasteiger partial charge >= 0.3 is 0 Å². The Hall–Kier alpha value is -2.08. The zero-order valence-corrected chi connectivity index (χ0v) is 8.83. The van der Waals surface area contributed by atoms with Crippen LogP contribution in [0.15, 0.2) is 24.4 Å². The van der Waals surface area contributed by atoms with Gasteiger partial charge in [-0.3, -0.25) is 0 Å². The number of aromatic nitrogens is 1. The molecule has 76 valence electrons. The Balaban J connectivity index is 2.54. The highest BCUT2D eigenvalue weighted by molar-refractivity contribution is 5.88. The highest BCUT2D eigenvalue weighted by Crippen LogP contribution is 2.19. The van der Waals surface area contributed by atoms with Gasteiger partial charge in [-0.2, -0.15) is 0 Å². The Bertz CT molecular complexity index is 541. The minimum Gasteiger partial charge on any atom is -0.399 e.